The molecule has 1 aromatic carbocycles. The van der Waals surface area contributed by atoms with Crippen molar-refractivity contribution in [3.63, 3.8) is 0 Å². The van der Waals surface area contributed by atoms with Gasteiger partial charge in [-0.3, -0.25) is 14.5 Å². The molecule has 2 bridgehead atoms. The summed E-state index contributed by atoms with van der Waals surface area (Å²) in [5.41, 5.74) is 1.19. The Morgan fingerprint density at radius 2 is 1.80 bits per heavy atom. The largest absolute Gasteiger partial charge is 0.461 e. The molecule has 0 spiro atoms. The Labute approximate surface area is 178 Å². The molecule has 162 valence electrons. The third-order valence-electron chi connectivity index (χ3n) is 6.37. The summed E-state index contributed by atoms with van der Waals surface area (Å²) in [5.74, 6) is 1.16. The summed E-state index contributed by atoms with van der Waals surface area (Å²) >= 11 is 0. The number of carbonyl (C=O) groups excluding carboxylic acids is 2. The molecule has 2 aliphatic heterocycles. The molecule has 0 aliphatic carbocycles. The van der Waals surface area contributed by atoms with E-state index in [2.05, 4.69) is 15.5 Å². The average molecular weight is 412 g/mol. The number of hydrogen-bond donors (Lipinski definition) is 2. The molecule has 3 atom stereocenters. The van der Waals surface area contributed by atoms with Crippen molar-refractivity contribution in [1.29, 1.82) is 0 Å². The monoisotopic (exact) mass is 411 g/mol. The number of nitrogens with one attached hydrogen (secondary N) is 2. The number of para-hydroxylation sites is 1. The fourth-order valence-corrected chi connectivity index (χ4v) is 5.21. The van der Waals surface area contributed by atoms with E-state index in [0.29, 0.717) is 42.4 Å². The third-order valence-corrected chi connectivity index (χ3v) is 6.37. The van der Waals surface area contributed by atoms with E-state index in [9.17, 15) is 9.59 Å². The van der Waals surface area contributed by atoms with Gasteiger partial charge in [0, 0.05) is 29.6 Å². The second-order valence-corrected chi connectivity index (χ2v) is 9.93. The first-order valence-electron chi connectivity index (χ1n) is 11.0. The second kappa shape index (κ2) is 8.06. The van der Waals surface area contributed by atoms with Crippen LogP contribution in [0, 0.1) is 12.8 Å². The van der Waals surface area contributed by atoms with Crippen LogP contribution in [0.4, 0.5) is 0 Å². The first-order valence-corrected chi connectivity index (χ1v) is 11.0. The van der Waals surface area contributed by atoms with Crippen LogP contribution in [-0.4, -0.2) is 47.4 Å². The van der Waals surface area contributed by atoms with Crippen LogP contribution in [-0.2, 0) is 4.79 Å². The van der Waals surface area contributed by atoms with Crippen molar-refractivity contribution < 1.29 is 14.0 Å². The Hall–Kier alpha value is -2.34. The van der Waals surface area contributed by atoms with Crippen LogP contribution in [0.2, 0.25) is 0 Å². The van der Waals surface area contributed by atoms with Gasteiger partial charge in [-0.25, -0.2) is 0 Å². The lowest BCUT2D eigenvalue weighted by Gasteiger charge is -2.39. The lowest BCUT2D eigenvalue weighted by molar-refractivity contribution is -0.125. The minimum atomic E-state index is -0.200. The van der Waals surface area contributed by atoms with E-state index in [1.807, 2.05) is 52.0 Å². The topological polar surface area (TPSA) is 74.6 Å². The van der Waals surface area contributed by atoms with E-state index < -0.39 is 0 Å². The fraction of sp³-hybridized carbons (Fsp3) is 0.583. The summed E-state index contributed by atoms with van der Waals surface area (Å²) in [5, 5.41) is 7.09. The van der Waals surface area contributed by atoms with Crippen LogP contribution >= 0.6 is 0 Å². The highest BCUT2D eigenvalue weighted by molar-refractivity contribution is 6.07. The van der Waals surface area contributed by atoms with E-state index in [0.717, 1.165) is 36.7 Å². The summed E-state index contributed by atoms with van der Waals surface area (Å²) in [6, 6.07) is 8.54. The van der Waals surface area contributed by atoms with Crippen molar-refractivity contribution in [2.45, 2.75) is 71.0 Å². The van der Waals surface area contributed by atoms with Crippen LogP contribution in [0.3, 0.4) is 0 Å². The standard InChI is InChI=1S/C24H33N3O3/c1-15-22(19-7-5-6-8-20(19)30-15)23(29)25-13-16-11-17-9-10-18(12-16)27(17)14-21(28)26-24(2,3)4/h5-8,16-18H,9-14H2,1-4H3,(H,25,29)(H,26,28)/t16-,17-,18+. The number of hydrogen-bond acceptors (Lipinski definition) is 4. The first kappa shape index (κ1) is 20.9. The van der Waals surface area contributed by atoms with Gasteiger partial charge in [-0.1, -0.05) is 18.2 Å². The van der Waals surface area contributed by atoms with Gasteiger partial charge in [0.15, 0.2) is 0 Å². The van der Waals surface area contributed by atoms with Gasteiger partial charge < -0.3 is 15.1 Å². The Morgan fingerprint density at radius 1 is 1.13 bits per heavy atom. The Kier molecular flexibility index (Phi) is 5.62. The van der Waals surface area contributed by atoms with Crippen molar-refractivity contribution in [3.05, 3.63) is 35.6 Å². The van der Waals surface area contributed by atoms with E-state index >= 15 is 0 Å². The van der Waals surface area contributed by atoms with Gasteiger partial charge in [-0.05, 0) is 65.4 Å². The molecule has 2 aliphatic rings. The molecule has 2 N–H and O–H groups in total. The van der Waals surface area contributed by atoms with Crippen LogP contribution < -0.4 is 10.6 Å². The van der Waals surface area contributed by atoms with Crippen LogP contribution in [0.25, 0.3) is 11.0 Å². The number of carbonyl (C=O) groups is 2. The molecule has 0 saturated carbocycles. The third kappa shape index (κ3) is 4.38. The maximum Gasteiger partial charge on any atom is 0.255 e. The smallest absolute Gasteiger partial charge is 0.255 e. The molecule has 3 heterocycles. The fourth-order valence-electron chi connectivity index (χ4n) is 5.21. The maximum atomic E-state index is 12.9. The molecule has 2 fully saturated rings. The molecule has 1 aromatic heterocycles. The maximum absolute atomic E-state index is 12.9. The Balaban J connectivity index is 1.34. The number of piperidine rings is 1. The van der Waals surface area contributed by atoms with Crippen molar-refractivity contribution >= 4 is 22.8 Å². The number of rotatable bonds is 5. The number of benzene rings is 1. The number of furan rings is 1. The molecule has 0 unspecified atom stereocenters. The highest BCUT2D eigenvalue weighted by Crippen LogP contribution is 2.38. The molecule has 6 heteroatoms. The molecule has 4 rings (SSSR count). The van der Waals surface area contributed by atoms with Crippen LogP contribution in [0.1, 0.15) is 62.6 Å². The summed E-state index contributed by atoms with van der Waals surface area (Å²) in [7, 11) is 0. The minimum absolute atomic E-state index is 0.0585. The van der Waals surface area contributed by atoms with Crippen molar-refractivity contribution in [2.24, 2.45) is 5.92 Å². The van der Waals surface area contributed by atoms with Gasteiger partial charge in [-0.2, -0.15) is 0 Å². The molecule has 2 saturated heterocycles. The minimum Gasteiger partial charge on any atom is -0.461 e. The van der Waals surface area contributed by atoms with Gasteiger partial charge in [0.25, 0.3) is 5.91 Å². The van der Waals surface area contributed by atoms with Crippen molar-refractivity contribution in [2.75, 3.05) is 13.1 Å². The summed E-state index contributed by atoms with van der Waals surface area (Å²) in [6.07, 6.45) is 4.35. The quantitative estimate of drug-likeness (QED) is 0.788. The molecule has 6 nitrogen and oxygen atoms in total. The SMILES string of the molecule is Cc1oc2ccccc2c1C(=O)NC[C@@H]1C[C@H]2CC[C@@H](C1)N2CC(=O)NC(C)(C)C. The second-order valence-electron chi connectivity index (χ2n) is 9.93. The van der Waals surface area contributed by atoms with E-state index in [1.165, 1.54) is 0 Å². The molecule has 2 amide bonds. The van der Waals surface area contributed by atoms with Gasteiger partial charge in [0.1, 0.15) is 11.3 Å². The van der Waals surface area contributed by atoms with Crippen molar-refractivity contribution in [3.8, 4) is 0 Å². The van der Waals surface area contributed by atoms with Gasteiger partial charge in [-0.15, -0.1) is 0 Å². The number of fused-ring (bicyclic) bond motifs is 3. The summed E-state index contributed by atoms with van der Waals surface area (Å²) < 4.78 is 5.74. The molecule has 30 heavy (non-hydrogen) atoms. The van der Waals surface area contributed by atoms with Crippen LogP contribution in [0.5, 0.6) is 0 Å². The van der Waals surface area contributed by atoms with Gasteiger partial charge in [0.05, 0.1) is 12.1 Å². The zero-order valence-electron chi connectivity index (χ0n) is 18.5. The van der Waals surface area contributed by atoms with E-state index in [-0.39, 0.29) is 17.4 Å². The lowest BCUT2D eigenvalue weighted by atomic mass is 9.90. The summed E-state index contributed by atoms with van der Waals surface area (Å²) in [4.78, 5) is 27.6. The lowest BCUT2D eigenvalue weighted by Crippen LogP contribution is -2.52. The Morgan fingerprint density at radius 3 is 2.47 bits per heavy atom. The summed E-state index contributed by atoms with van der Waals surface area (Å²) in [6.45, 7) is 9.03. The predicted octanol–water partition coefficient (Wildman–Crippen LogP) is 3.63. The highest BCUT2D eigenvalue weighted by atomic mass is 16.3. The van der Waals surface area contributed by atoms with E-state index in [1.54, 1.807) is 0 Å². The van der Waals surface area contributed by atoms with Crippen LogP contribution in [0.15, 0.2) is 28.7 Å². The number of amides is 2. The molecule has 2 aromatic rings. The zero-order chi connectivity index (χ0) is 21.5. The molecular formula is C24H33N3O3. The van der Waals surface area contributed by atoms with E-state index in [4.69, 9.17) is 4.42 Å². The molecule has 0 radical (unpaired) electrons. The van der Waals surface area contributed by atoms with Gasteiger partial charge in [0.2, 0.25) is 5.91 Å². The average Bonchev–Trinajstić information content (AvgIpc) is 3.09. The Bertz CT molecular complexity index is 929. The molecular weight excluding hydrogens is 378 g/mol. The normalized spacial score (nSPS) is 24.2. The predicted molar refractivity (Wildman–Crippen MR) is 117 cm³/mol. The van der Waals surface area contributed by atoms with Crippen molar-refractivity contribution in [1.82, 2.24) is 15.5 Å². The first-order chi connectivity index (χ1) is 14.2. The number of aryl methyl sites for hydroxylation is 1. The zero-order valence-corrected chi connectivity index (χ0v) is 18.5. The highest BCUT2D eigenvalue weighted by Gasteiger charge is 2.41. The number of nitrogens with zero attached hydrogens (tertiary/aromatic N) is 1. The van der Waals surface area contributed by atoms with Gasteiger partial charge >= 0.3 is 0 Å².